The largest absolute Gasteiger partial charge is 0.334 e. The van der Waals surface area contributed by atoms with Crippen LogP contribution in [-0.2, 0) is 13.1 Å². The van der Waals surface area contributed by atoms with Gasteiger partial charge in [-0.2, -0.15) is 0 Å². The number of hydrogen-bond donors (Lipinski definition) is 0. The third-order valence-electron chi connectivity index (χ3n) is 4.14. The van der Waals surface area contributed by atoms with Gasteiger partial charge in [0, 0.05) is 50.4 Å². The second-order valence-electron chi connectivity index (χ2n) is 6.40. The maximum atomic E-state index is 6.07. The summed E-state index contributed by atoms with van der Waals surface area (Å²) >= 11 is 12.0. The molecule has 0 radical (unpaired) electrons. The van der Waals surface area contributed by atoms with Crippen molar-refractivity contribution in [1.82, 2.24) is 14.5 Å². The summed E-state index contributed by atoms with van der Waals surface area (Å²) in [5.74, 6) is 2.36. The predicted molar refractivity (Wildman–Crippen MR) is 91.5 cm³/mol. The summed E-state index contributed by atoms with van der Waals surface area (Å²) in [6, 6.07) is 5.88. The highest BCUT2D eigenvalue weighted by molar-refractivity contribution is 6.42. The van der Waals surface area contributed by atoms with Crippen molar-refractivity contribution in [2.45, 2.75) is 32.9 Å². The SMILES string of the molecule is CC(C)c1nccn1CC1CN(Cc2ccc(Cl)c(Cl)c2)C1. The van der Waals surface area contributed by atoms with E-state index in [4.69, 9.17) is 23.2 Å². The zero-order chi connectivity index (χ0) is 15.7. The van der Waals surface area contributed by atoms with Crippen molar-refractivity contribution in [2.75, 3.05) is 13.1 Å². The van der Waals surface area contributed by atoms with Crippen molar-refractivity contribution >= 4 is 23.2 Å². The number of halogens is 2. The molecule has 1 saturated heterocycles. The molecular weight excluding hydrogens is 317 g/mol. The van der Waals surface area contributed by atoms with Crippen LogP contribution in [0, 0.1) is 5.92 Å². The molecule has 1 aromatic carbocycles. The molecule has 22 heavy (non-hydrogen) atoms. The van der Waals surface area contributed by atoms with Crippen molar-refractivity contribution in [3.05, 3.63) is 52.0 Å². The lowest BCUT2D eigenvalue weighted by Crippen LogP contribution is -2.47. The number of likely N-dealkylation sites (tertiary alicyclic amines) is 1. The van der Waals surface area contributed by atoms with E-state index in [2.05, 4.69) is 34.5 Å². The average Bonchev–Trinajstić information content (AvgIpc) is 2.89. The van der Waals surface area contributed by atoms with Crippen LogP contribution in [0.4, 0.5) is 0 Å². The summed E-state index contributed by atoms with van der Waals surface area (Å²) < 4.78 is 2.30. The van der Waals surface area contributed by atoms with Gasteiger partial charge in [-0.15, -0.1) is 0 Å². The summed E-state index contributed by atoms with van der Waals surface area (Å²) in [5, 5.41) is 1.25. The standard InChI is InChI=1S/C17H21Cl2N3/c1-12(2)17-20-5-6-22(17)11-14-9-21(10-14)8-13-3-4-15(18)16(19)7-13/h3-7,12,14H,8-11H2,1-2H3. The number of nitrogens with zero attached hydrogens (tertiary/aromatic N) is 3. The molecule has 3 rings (SSSR count). The van der Waals surface area contributed by atoms with Crippen LogP contribution >= 0.6 is 23.2 Å². The second-order valence-corrected chi connectivity index (χ2v) is 7.22. The molecule has 0 bridgehead atoms. The molecular formula is C17H21Cl2N3. The Morgan fingerprint density at radius 2 is 2.00 bits per heavy atom. The van der Waals surface area contributed by atoms with Crippen molar-refractivity contribution in [2.24, 2.45) is 5.92 Å². The lowest BCUT2D eigenvalue weighted by molar-refractivity contribution is 0.0796. The fourth-order valence-corrected chi connectivity index (χ4v) is 3.39. The second kappa shape index (κ2) is 6.61. The summed E-state index contributed by atoms with van der Waals surface area (Å²) in [5.41, 5.74) is 1.22. The summed E-state index contributed by atoms with van der Waals surface area (Å²) in [4.78, 5) is 6.89. The number of rotatable bonds is 5. The van der Waals surface area contributed by atoms with Gasteiger partial charge >= 0.3 is 0 Å². The highest BCUT2D eigenvalue weighted by Gasteiger charge is 2.27. The molecule has 118 valence electrons. The number of imidazole rings is 1. The first-order chi connectivity index (χ1) is 10.5. The van der Waals surface area contributed by atoms with Crippen molar-refractivity contribution in [3.8, 4) is 0 Å². The Kier molecular flexibility index (Phi) is 4.76. The van der Waals surface area contributed by atoms with Gasteiger partial charge in [-0.1, -0.05) is 43.1 Å². The van der Waals surface area contributed by atoms with E-state index in [1.807, 2.05) is 24.4 Å². The normalized spacial score (nSPS) is 16.2. The third kappa shape index (κ3) is 3.48. The van der Waals surface area contributed by atoms with E-state index >= 15 is 0 Å². The molecule has 0 atom stereocenters. The van der Waals surface area contributed by atoms with Gasteiger partial charge in [0.2, 0.25) is 0 Å². The number of benzene rings is 1. The van der Waals surface area contributed by atoms with Crippen molar-refractivity contribution < 1.29 is 0 Å². The van der Waals surface area contributed by atoms with Gasteiger partial charge in [0.15, 0.2) is 0 Å². The molecule has 3 nitrogen and oxygen atoms in total. The van der Waals surface area contributed by atoms with Crippen LogP contribution in [0.25, 0.3) is 0 Å². The van der Waals surface area contributed by atoms with Crippen LogP contribution in [-0.4, -0.2) is 27.5 Å². The molecule has 0 amide bonds. The highest BCUT2D eigenvalue weighted by Crippen LogP contribution is 2.26. The molecule has 5 heteroatoms. The van der Waals surface area contributed by atoms with E-state index in [0.29, 0.717) is 21.9 Å². The lowest BCUT2D eigenvalue weighted by Gasteiger charge is -2.39. The monoisotopic (exact) mass is 337 g/mol. The minimum atomic E-state index is 0.474. The van der Waals surface area contributed by atoms with Crippen LogP contribution in [0.2, 0.25) is 10.0 Å². The molecule has 1 aliphatic rings. The Labute approximate surface area is 141 Å². The van der Waals surface area contributed by atoms with Gasteiger partial charge in [0.1, 0.15) is 5.82 Å². The topological polar surface area (TPSA) is 21.1 Å². The maximum absolute atomic E-state index is 6.07. The van der Waals surface area contributed by atoms with E-state index in [-0.39, 0.29) is 0 Å². The van der Waals surface area contributed by atoms with Gasteiger partial charge in [0.25, 0.3) is 0 Å². The van der Waals surface area contributed by atoms with E-state index in [1.165, 1.54) is 11.4 Å². The van der Waals surface area contributed by atoms with Crippen molar-refractivity contribution in [3.63, 3.8) is 0 Å². The fourth-order valence-electron chi connectivity index (χ4n) is 3.07. The molecule has 0 unspecified atom stereocenters. The molecule has 0 N–H and O–H groups in total. The van der Waals surface area contributed by atoms with Gasteiger partial charge in [0.05, 0.1) is 10.0 Å². The molecule has 0 aliphatic carbocycles. The number of hydrogen-bond acceptors (Lipinski definition) is 2. The van der Waals surface area contributed by atoms with Crippen LogP contribution in [0.1, 0.15) is 31.2 Å². The van der Waals surface area contributed by atoms with Crippen LogP contribution in [0.3, 0.4) is 0 Å². The summed E-state index contributed by atoms with van der Waals surface area (Å²) in [6.07, 6.45) is 4.00. The Bertz CT molecular complexity index is 645. The highest BCUT2D eigenvalue weighted by atomic mass is 35.5. The molecule has 1 aromatic heterocycles. The van der Waals surface area contributed by atoms with E-state index in [1.54, 1.807) is 0 Å². The third-order valence-corrected chi connectivity index (χ3v) is 4.88. The van der Waals surface area contributed by atoms with Crippen LogP contribution < -0.4 is 0 Å². The Hall–Kier alpha value is -1.03. The average molecular weight is 338 g/mol. The zero-order valence-corrected chi connectivity index (χ0v) is 14.5. The minimum absolute atomic E-state index is 0.474. The molecule has 0 saturated carbocycles. The Balaban J connectivity index is 1.51. The van der Waals surface area contributed by atoms with Crippen LogP contribution in [0.15, 0.2) is 30.6 Å². The predicted octanol–water partition coefficient (Wildman–Crippen LogP) is 4.45. The molecule has 1 fully saturated rings. The van der Waals surface area contributed by atoms with E-state index in [0.717, 1.165) is 26.2 Å². The first-order valence-corrected chi connectivity index (χ1v) is 8.46. The molecule has 2 aromatic rings. The Morgan fingerprint density at radius 1 is 1.23 bits per heavy atom. The maximum Gasteiger partial charge on any atom is 0.111 e. The minimum Gasteiger partial charge on any atom is -0.334 e. The summed E-state index contributed by atoms with van der Waals surface area (Å²) in [6.45, 7) is 8.62. The molecule has 0 spiro atoms. The van der Waals surface area contributed by atoms with Crippen LogP contribution in [0.5, 0.6) is 0 Å². The van der Waals surface area contributed by atoms with E-state index < -0.39 is 0 Å². The Morgan fingerprint density at radius 3 is 2.68 bits per heavy atom. The van der Waals surface area contributed by atoms with Gasteiger partial charge in [-0.25, -0.2) is 4.98 Å². The smallest absolute Gasteiger partial charge is 0.111 e. The molecule has 2 heterocycles. The van der Waals surface area contributed by atoms with E-state index in [9.17, 15) is 0 Å². The van der Waals surface area contributed by atoms with Gasteiger partial charge in [-0.3, -0.25) is 4.90 Å². The first-order valence-electron chi connectivity index (χ1n) is 7.70. The van der Waals surface area contributed by atoms with Gasteiger partial charge in [-0.05, 0) is 17.7 Å². The molecule has 1 aliphatic heterocycles. The van der Waals surface area contributed by atoms with Crippen molar-refractivity contribution in [1.29, 1.82) is 0 Å². The first kappa shape index (κ1) is 15.9. The fraction of sp³-hybridized carbons (Fsp3) is 0.471. The summed E-state index contributed by atoms with van der Waals surface area (Å²) in [7, 11) is 0. The lowest BCUT2D eigenvalue weighted by atomic mass is 9.99. The zero-order valence-electron chi connectivity index (χ0n) is 13.0. The number of aromatic nitrogens is 2. The van der Waals surface area contributed by atoms with Gasteiger partial charge < -0.3 is 4.57 Å². The quantitative estimate of drug-likeness (QED) is 0.803.